The molecule has 0 radical (unpaired) electrons. The Labute approximate surface area is 108 Å². The lowest BCUT2D eigenvalue weighted by molar-refractivity contribution is 0.482. The molecule has 0 aromatic heterocycles. The second-order valence-electron chi connectivity index (χ2n) is 4.63. The molecule has 0 amide bonds. The van der Waals surface area contributed by atoms with Gasteiger partial charge in [0.2, 0.25) is 0 Å². The third kappa shape index (κ3) is 2.54. The summed E-state index contributed by atoms with van der Waals surface area (Å²) in [7, 11) is 0. The van der Waals surface area contributed by atoms with E-state index in [2.05, 4.69) is 36.5 Å². The molecule has 0 bridgehead atoms. The third-order valence-corrected chi connectivity index (χ3v) is 3.23. The first-order valence-electron chi connectivity index (χ1n) is 6.45. The molecular formula is C16H17NO. The van der Waals surface area contributed by atoms with Crippen molar-refractivity contribution in [3.05, 3.63) is 59.7 Å². The maximum absolute atomic E-state index is 5.86. The standard InChI is InChI=1S/C16H17NO/c1-2-12-4-3-5-15(10-12)18-14-8-6-13(7-9-14)16-11-17-16/h3-10,16-17H,2,11H2,1H3. The predicted molar refractivity (Wildman–Crippen MR) is 73.1 cm³/mol. The average molecular weight is 239 g/mol. The highest BCUT2D eigenvalue weighted by Crippen LogP contribution is 2.26. The smallest absolute Gasteiger partial charge is 0.127 e. The van der Waals surface area contributed by atoms with E-state index in [-0.39, 0.29) is 0 Å². The minimum absolute atomic E-state index is 0.558. The summed E-state index contributed by atoms with van der Waals surface area (Å²) < 4.78 is 5.86. The summed E-state index contributed by atoms with van der Waals surface area (Å²) in [6.45, 7) is 3.25. The van der Waals surface area contributed by atoms with Gasteiger partial charge in [0, 0.05) is 12.6 Å². The van der Waals surface area contributed by atoms with Crippen molar-refractivity contribution >= 4 is 0 Å². The first kappa shape index (κ1) is 11.3. The highest BCUT2D eigenvalue weighted by molar-refractivity contribution is 5.36. The van der Waals surface area contributed by atoms with Crippen LogP contribution in [-0.2, 0) is 6.42 Å². The van der Waals surface area contributed by atoms with Crippen LogP contribution in [0.1, 0.15) is 24.1 Å². The number of aryl methyl sites for hydroxylation is 1. The van der Waals surface area contributed by atoms with Gasteiger partial charge in [0.25, 0.3) is 0 Å². The van der Waals surface area contributed by atoms with Gasteiger partial charge in [-0.15, -0.1) is 0 Å². The van der Waals surface area contributed by atoms with E-state index >= 15 is 0 Å². The largest absolute Gasteiger partial charge is 0.457 e. The van der Waals surface area contributed by atoms with Gasteiger partial charge in [0.1, 0.15) is 11.5 Å². The minimum Gasteiger partial charge on any atom is -0.457 e. The van der Waals surface area contributed by atoms with Crippen molar-refractivity contribution in [2.75, 3.05) is 6.54 Å². The summed E-state index contributed by atoms with van der Waals surface area (Å²) in [4.78, 5) is 0. The van der Waals surface area contributed by atoms with E-state index in [9.17, 15) is 0 Å². The van der Waals surface area contributed by atoms with Gasteiger partial charge in [0.05, 0.1) is 0 Å². The Balaban J connectivity index is 1.74. The highest BCUT2D eigenvalue weighted by atomic mass is 16.5. The summed E-state index contributed by atoms with van der Waals surface area (Å²) in [5.41, 5.74) is 2.64. The first-order chi connectivity index (χ1) is 8.85. The Kier molecular flexibility index (Phi) is 3.03. The van der Waals surface area contributed by atoms with Crippen LogP contribution in [0.15, 0.2) is 48.5 Å². The minimum atomic E-state index is 0.558. The van der Waals surface area contributed by atoms with Crippen molar-refractivity contribution in [3.63, 3.8) is 0 Å². The molecule has 1 saturated heterocycles. The highest BCUT2D eigenvalue weighted by Gasteiger charge is 2.21. The number of hydrogen-bond donors (Lipinski definition) is 1. The van der Waals surface area contributed by atoms with Gasteiger partial charge in [-0.2, -0.15) is 0 Å². The van der Waals surface area contributed by atoms with Crippen molar-refractivity contribution < 1.29 is 4.74 Å². The fourth-order valence-electron chi connectivity index (χ4n) is 2.03. The summed E-state index contributed by atoms with van der Waals surface area (Å²) in [5, 5.41) is 3.29. The molecular weight excluding hydrogens is 222 g/mol. The van der Waals surface area contributed by atoms with E-state index in [1.807, 2.05) is 24.3 Å². The maximum atomic E-state index is 5.86. The Morgan fingerprint density at radius 2 is 1.89 bits per heavy atom. The number of ether oxygens (including phenoxy) is 1. The molecule has 2 heteroatoms. The molecule has 1 aliphatic rings. The molecule has 1 aliphatic heterocycles. The lowest BCUT2D eigenvalue weighted by atomic mass is 10.1. The van der Waals surface area contributed by atoms with Crippen LogP contribution in [0.4, 0.5) is 0 Å². The normalized spacial score (nSPS) is 17.5. The van der Waals surface area contributed by atoms with E-state index in [4.69, 9.17) is 4.74 Å². The fraction of sp³-hybridized carbons (Fsp3) is 0.250. The SMILES string of the molecule is CCc1cccc(Oc2ccc(C3CN3)cc2)c1. The van der Waals surface area contributed by atoms with Crippen LogP contribution < -0.4 is 10.1 Å². The van der Waals surface area contributed by atoms with Gasteiger partial charge in [-0.3, -0.25) is 0 Å². The molecule has 3 rings (SSSR count). The molecule has 1 fully saturated rings. The van der Waals surface area contributed by atoms with Crippen LogP contribution in [0, 0.1) is 0 Å². The van der Waals surface area contributed by atoms with Crippen LogP contribution in [0.3, 0.4) is 0 Å². The second kappa shape index (κ2) is 4.83. The quantitative estimate of drug-likeness (QED) is 0.825. The van der Waals surface area contributed by atoms with Crippen LogP contribution >= 0.6 is 0 Å². The van der Waals surface area contributed by atoms with Crippen LogP contribution in [0.25, 0.3) is 0 Å². The van der Waals surface area contributed by atoms with E-state index in [0.717, 1.165) is 24.5 Å². The van der Waals surface area contributed by atoms with Crippen molar-refractivity contribution in [1.29, 1.82) is 0 Å². The van der Waals surface area contributed by atoms with Crippen molar-refractivity contribution in [2.24, 2.45) is 0 Å². The topological polar surface area (TPSA) is 31.2 Å². The van der Waals surface area contributed by atoms with Gasteiger partial charge >= 0.3 is 0 Å². The molecule has 1 N–H and O–H groups in total. The van der Waals surface area contributed by atoms with Gasteiger partial charge in [-0.05, 0) is 41.8 Å². The van der Waals surface area contributed by atoms with E-state index in [1.165, 1.54) is 11.1 Å². The molecule has 0 saturated carbocycles. The summed E-state index contributed by atoms with van der Waals surface area (Å²) in [6, 6.07) is 17.1. The van der Waals surface area contributed by atoms with Crippen molar-refractivity contribution in [1.82, 2.24) is 5.32 Å². The molecule has 1 heterocycles. The molecule has 0 spiro atoms. The Hall–Kier alpha value is -1.80. The molecule has 92 valence electrons. The first-order valence-corrected chi connectivity index (χ1v) is 6.45. The van der Waals surface area contributed by atoms with Crippen LogP contribution in [0.5, 0.6) is 11.5 Å². The van der Waals surface area contributed by atoms with Crippen molar-refractivity contribution in [3.8, 4) is 11.5 Å². The van der Waals surface area contributed by atoms with Gasteiger partial charge in [-0.1, -0.05) is 31.2 Å². The van der Waals surface area contributed by atoms with Crippen molar-refractivity contribution in [2.45, 2.75) is 19.4 Å². The van der Waals surface area contributed by atoms with Gasteiger partial charge in [-0.25, -0.2) is 0 Å². The predicted octanol–water partition coefficient (Wildman–Crippen LogP) is 3.69. The molecule has 1 unspecified atom stereocenters. The molecule has 2 nitrogen and oxygen atoms in total. The van der Waals surface area contributed by atoms with Crippen LogP contribution in [-0.4, -0.2) is 6.54 Å². The third-order valence-electron chi connectivity index (χ3n) is 3.23. The molecule has 18 heavy (non-hydrogen) atoms. The Morgan fingerprint density at radius 3 is 2.56 bits per heavy atom. The second-order valence-corrected chi connectivity index (χ2v) is 4.63. The summed E-state index contributed by atoms with van der Waals surface area (Å²) in [6.07, 6.45) is 1.03. The molecule has 0 aliphatic carbocycles. The number of rotatable bonds is 4. The van der Waals surface area contributed by atoms with E-state index < -0.39 is 0 Å². The lowest BCUT2D eigenvalue weighted by Gasteiger charge is -2.07. The zero-order valence-corrected chi connectivity index (χ0v) is 10.5. The molecule has 1 atom stereocenters. The fourth-order valence-corrected chi connectivity index (χ4v) is 2.03. The molecule has 2 aromatic carbocycles. The summed E-state index contributed by atoms with van der Waals surface area (Å²) in [5.74, 6) is 1.80. The molecule has 2 aromatic rings. The maximum Gasteiger partial charge on any atom is 0.127 e. The number of hydrogen-bond acceptors (Lipinski definition) is 2. The van der Waals surface area contributed by atoms with Gasteiger partial charge in [0.15, 0.2) is 0 Å². The zero-order chi connectivity index (χ0) is 12.4. The number of benzene rings is 2. The van der Waals surface area contributed by atoms with E-state index in [0.29, 0.717) is 6.04 Å². The summed E-state index contributed by atoms with van der Waals surface area (Å²) >= 11 is 0. The monoisotopic (exact) mass is 239 g/mol. The number of nitrogens with one attached hydrogen (secondary N) is 1. The van der Waals surface area contributed by atoms with E-state index in [1.54, 1.807) is 0 Å². The Bertz CT molecular complexity index is 529. The zero-order valence-electron chi connectivity index (χ0n) is 10.5. The van der Waals surface area contributed by atoms with Crippen LogP contribution in [0.2, 0.25) is 0 Å². The van der Waals surface area contributed by atoms with Gasteiger partial charge < -0.3 is 10.1 Å². The average Bonchev–Trinajstić information content (AvgIpc) is 3.24. The Morgan fingerprint density at radius 1 is 1.11 bits per heavy atom. The lowest BCUT2D eigenvalue weighted by Crippen LogP contribution is -1.88.